The van der Waals surface area contributed by atoms with Crippen molar-refractivity contribution in [3.8, 4) is 0 Å². The molecule has 0 aromatic heterocycles. The van der Waals surface area contributed by atoms with Crippen LogP contribution in [0.4, 0.5) is 0 Å². The molecule has 0 spiro atoms. The van der Waals surface area contributed by atoms with Crippen LogP contribution in [0, 0.1) is 0 Å². The number of rotatable bonds is 4. The third-order valence-electron chi connectivity index (χ3n) is 5.81. The number of nitrogens with one attached hydrogen (secondary N) is 1. The highest BCUT2D eigenvalue weighted by atomic mass is 79.9. The number of fused-ring (bicyclic) bond motifs is 2. The molecule has 4 rings (SSSR count). The summed E-state index contributed by atoms with van der Waals surface area (Å²) < 4.78 is 6.72. The largest absolute Gasteiger partial charge is 0.457 e. The van der Waals surface area contributed by atoms with Crippen LogP contribution in [-0.4, -0.2) is 48.1 Å². The van der Waals surface area contributed by atoms with Gasteiger partial charge in [0.1, 0.15) is 6.10 Å². The molecule has 2 fully saturated rings. The number of halogens is 1. The first kappa shape index (κ1) is 19.2. The summed E-state index contributed by atoms with van der Waals surface area (Å²) in [5, 5.41) is 3.16. The maximum absolute atomic E-state index is 12.6. The third-order valence-corrected chi connectivity index (χ3v) is 6.30. The standard InChI is InChI=1S/C22H23BrN2O3/c1-25-18-11-17(24-21(26)15-8-5-9-16(23)10-15)12-19(25)20(13-18)28-22(27)14-6-3-2-4-7-14/h2-10,17-20H,11-13H2,1H3,(H,24,26). The number of nitrogens with zero attached hydrogens (tertiary/aromatic N) is 1. The highest BCUT2D eigenvalue weighted by Gasteiger charge is 2.47. The number of hydrogen-bond acceptors (Lipinski definition) is 4. The predicted octanol–water partition coefficient (Wildman–Crippen LogP) is 3.64. The van der Waals surface area contributed by atoms with Gasteiger partial charge in [0.25, 0.3) is 5.91 Å². The monoisotopic (exact) mass is 442 g/mol. The molecule has 6 heteroatoms. The molecule has 28 heavy (non-hydrogen) atoms. The Bertz CT molecular complexity index is 873. The number of likely N-dealkylation sites (N-methyl/N-ethyl adjacent to an activating group) is 1. The van der Waals surface area contributed by atoms with E-state index in [2.05, 4.69) is 33.2 Å². The van der Waals surface area contributed by atoms with Crippen LogP contribution in [0.15, 0.2) is 59.1 Å². The Morgan fingerprint density at radius 2 is 1.79 bits per heavy atom. The number of benzene rings is 2. The molecule has 0 aliphatic carbocycles. The summed E-state index contributed by atoms with van der Waals surface area (Å²) in [4.78, 5) is 27.3. The maximum atomic E-state index is 12.6. The van der Waals surface area contributed by atoms with Crippen LogP contribution >= 0.6 is 15.9 Å². The highest BCUT2D eigenvalue weighted by Crippen LogP contribution is 2.36. The van der Waals surface area contributed by atoms with Gasteiger partial charge in [0.15, 0.2) is 0 Å². The maximum Gasteiger partial charge on any atom is 0.338 e. The second kappa shape index (κ2) is 8.05. The van der Waals surface area contributed by atoms with Crippen molar-refractivity contribution in [2.24, 2.45) is 0 Å². The van der Waals surface area contributed by atoms with Crippen LogP contribution < -0.4 is 5.32 Å². The van der Waals surface area contributed by atoms with Crippen LogP contribution in [-0.2, 0) is 4.74 Å². The summed E-state index contributed by atoms with van der Waals surface area (Å²) in [6, 6.07) is 17.0. The van der Waals surface area contributed by atoms with Crippen LogP contribution in [0.3, 0.4) is 0 Å². The van der Waals surface area contributed by atoms with Gasteiger partial charge in [-0.1, -0.05) is 40.2 Å². The molecule has 2 bridgehead atoms. The topological polar surface area (TPSA) is 58.6 Å². The molecule has 4 atom stereocenters. The fraction of sp³-hybridized carbons (Fsp3) is 0.364. The number of amides is 1. The smallest absolute Gasteiger partial charge is 0.338 e. The van der Waals surface area contributed by atoms with Crippen molar-refractivity contribution >= 4 is 27.8 Å². The average molecular weight is 443 g/mol. The van der Waals surface area contributed by atoms with Gasteiger partial charge in [-0.2, -0.15) is 0 Å². The van der Waals surface area contributed by atoms with Crippen molar-refractivity contribution in [1.29, 1.82) is 0 Å². The summed E-state index contributed by atoms with van der Waals surface area (Å²) in [6.45, 7) is 0. The minimum Gasteiger partial charge on any atom is -0.457 e. The zero-order chi connectivity index (χ0) is 19.7. The van der Waals surface area contributed by atoms with Gasteiger partial charge in [0.05, 0.1) is 5.56 Å². The highest BCUT2D eigenvalue weighted by molar-refractivity contribution is 9.10. The second-order valence-electron chi connectivity index (χ2n) is 7.58. The lowest BCUT2D eigenvalue weighted by atomic mass is 9.97. The number of esters is 1. The number of hydrogen-bond donors (Lipinski definition) is 1. The summed E-state index contributed by atoms with van der Waals surface area (Å²) in [5.74, 6) is -0.339. The Morgan fingerprint density at radius 3 is 2.54 bits per heavy atom. The molecule has 2 heterocycles. The Labute approximate surface area is 173 Å². The van der Waals surface area contributed by atoms with E-state index in [1.54, 1.807) is 12.1 Å². The van der Waals surface area contributed by atoms with E-state index in [4.69, 9.17) is 4.74 Å². The SMILES string of the molecule is CN1C2CC(NC(=O)c3cccc(Br)c3)CC1C(OC(=O)c1ccccc1)C2. The fourth-order valence-electron chi connectivity index (χ4n) is 4.34. The normalized spacial score (nSPS) is 26.6. The first-order valence-electron chi connectivity index (χ1n) is 9.55. The van der Waals surface area contributed by atoms with E-state index in [-0.39, 0.29) is 30.1 Å². The van der Waals surface area contributed by atoms with Crippen LogP contribution in [0.1, 0.15) is 40.0 Å². The molecule has 0 saturated carbocycles. The molecular weight excluding hydrogens is 420 g/mol. The van der Waals surface area contributed by atoms with Crippen LogP contribution in [0.25, 0.3) is 0 Å². The van der Waals surface area contributed by atoms with E-state index in [0.29, 0.717) is 17.2 Å². The van der Waals surface area contributed by atoms with Crippen molar-refractivity contribution in [2.45, 2.75) is 43.5 Å². The van der Waals surface area contributed by atoms with E-state index in [9.17, 15) is 9.59 Å². The van der Waals surface area contributed by atoms with Gasteiger partial charge in [-0.25, -0.2) is 4.79 Å². The molecular formula is C22H23BrN2O3. The number of ether oxygens (including phenoxy) is 1. The molecule has 1 N–H and O–H groups in total. The summed E-state index contributed by atoms with van der Waals surface area (Å²) in [7, 11) is 2.08. The van der Waals surface area contributed by atoms with E-state index in [1.165, 1.54) is 0 Å². The molecule has 2 aliphatic heterocycles. The van der Waals surface area contributed by atoms with Gasteiger partial charge in [-0.15, -0.1) is 0 Å². The zero-order valence-electron chi connectivity index (χ0n) is 15.7. The van der Waals surface area contributed by atoms with E-state index >= 15 is 0 Å². The lowest BCUT2D eigenvalue weighted by Crippen LogP contribution is -2.50. The number of piperidine rings is 1. The predicted molar refractivity (Wildman–Crippen MR) is 110 cm³/mol. The van der Waals surface area contributed by atoms with Crippen LogP contribution in [0.5, 0.6) is 0 Å². The first-order chi connectivity index (χ1) is 13.5. The van der Waals surface area contributed by atoms with Gasteiger partial charge < -0.3 is 10.1 Å². The average Bonchev–Trinajstić information content (AvgIpc) is 2.86. The molecule has 2 saturated heterocycles. The van der Waals surface area contributed by atoms with E-state index < -0.39 is 0 Å². The third kappa shape index (κ3) is 3.98. The van der Waals surface area contributed by atoms with Crippen molar-refractivity contribution in [3.05, 3.63) is 70.2 Å². The van der Waals surface area contributed by atoms with Crippen molar-refractivity contribution < 1.29 is 14.3 Å². The Morgan fingerprint density at radius 1 is 1.04 bits per heavy atom. The molecule has 4 unspecified atom stereocenters. The molecule has 2 aromatic rings. The fourth-order valence-corrected chi connectivity index (χ4v) is 4.74. The molecule has 1 amide bonds. The summed E-state index contributed by atoms with van der Waals surface area (Å²) >= 11 is 3.41. The second-order valence-corrected chi connectivity index (χ2v) is 8.50. The van der Waals surface area contributed by atoms with Gasteiger partial charge in [-0.3, -0.25) is 9.69 Å². The quantitative estimate of drug-likeness (QED) is 0.734. The Hall–Kier alpha value is -2.18. The van der Waals surface area contributed by atoms with Gasteiger partial charge in [0.2, 0.25) is 0 Å². The molecule has 2 aromatic carbocycles. The van der Waals surface area contributed by atoms with E-state index in [0.717, 1.165) is 23.7 Å². The minimum atomic E-state index is -0.277. The van der Waals surface area contributed by atoms with Gasteiger partial charge >= 0.3 is 5.97 Å². The zero-order valence-corrected chi connectivity index (χ0v) is 17.3. The number of carbonyl (C=O) groups is 2. The van der Waals surface area contributed by atoms with Gasteiger partial charge in [-0.05, 0) is 50.2 Å². The first-order valence-corrected chi connectivity index (χ1v) is 10.3. The van der Waals surface area contributed by atoms with Crippen molar-refractivity contribution in [2.75, 3.05) is 7.05 Å². The lowest BCUT2D eigenvalue weighted by Gasteiger charge is -2.37. The van der Waals surface area contributed by atoms with Crippen molar-refractivity contribution in [1.82, 2.24) is 10.2 Å². The van der Waals surface area contributed by atoms with E-state index in [1.807, 2.05) is 42.5 Å². The molecule has 2 aliphatic rings. The van der Waals surface area contributed by atoms with Gasteiger partial charge in [0, 0.05) is 34.6 Å². The summed E-state index contributed by atoms with van der Waals surface area (Å²) in [6.07, 6.45) is 2.31. The molecule has 0 radical (unpaired) electrons. The Balaban J connectivity index is 1.40. The summed E-state index contributed by atoms with van der Waals surface area (Å²) in [5.41, 5.74) is 1.22. The molecule has 146 valence electrons. The number of carbonyl (C=O) groups excluding carboxylic acids is 2. The lowest BCUT2D eigenvalue weighted by molar-refractivity contribution is 0.0177. The van der Waals surface area contributed by atoms with Crippen molar-refractivity contribution in [3.63, 3.8) is 0 Å². The molecule has 5 nitrogen and oxygen atoms in total. The Kier molecular flexibility index (Phi) is 5.51. The minimum absolute atomic E-state index is 0.0620. The van der Waals surface area contributed by atoms with Crippen LogP contribution in [0.2, 0.25) is 0 Å².